The van der Waals surface area contributed by atoms with Gasteiger partial charge in [0.2, 0.25) is 0 Å². The van der Waals surface area contributed by atoms with Crippen LogP contribution in [0.5, 0.6) is 5.75 Å². The molecule has 4 heteroatoms. The van der Waals surface area contributed by atoms with Crippen molar-refractivity contribution in [3.05, 3.63) is 65.2 Å². The van der Waals surface area contributed by atoms with Gasteiger partial charge < -0.3 is 14.7 Å². The summed E-state index contributed by atoms with van der Waals surface area (Å²) in [5, 5.41) is 11.0. The number of fused-ring (bicyclic) bond motifs is 1. The monoisotopic (exact) mass is 337 g/mol. The van der Waals surface area contributed by atoms with Gasteiger partial charge in [-0.2, -0.15) is 0 Å². The minimum atomic E-state index is -1.29. The SMILES string of the molecule is COc1ccccc1[C@@H]1CCN(C(=O)C2(O)Cc3ccccc3C2)C1. The molecule has 2 aliphatic rings. The molecule has 1 aliphatic heterocycles. The van der Waals surface area contributed by atoms with Gasteiger partial charge in [0.05, 0.1) is 7.11 Å². The van der Waals surface area contributed by atoms with Crippen LogP contribution in [0, 0.1) is 0 Å². The summed E-state index contributed by atoms with van der Waals surface area (Å²) < 4.78 is 5.46. The van der Waals surface area contributed by atoms with E-state index in [9.17, 15) is 9.90 Å². The van der Waals surface area contributed by atoms with Crippen molar-refractivity contribution in [2.45, 2.75) is 30.8 Å². The Balaban J connectivity index is 1.50. The standard InChI is InChI=1S/C21H23NO3/c1-25-19-9-5-4-8-18(19)17-10-11-22(14-17)20(23)21(24)12-15-6-2-3-7-16(15)13-21/h2-9,17,24H,10-14H2,1H3/t17-/m1/s1. The fourth-order valence-corrected chi connectivity index (χ4v) is 4.24. The van der Waals surface area contributed by atoms with Crippen LogP contribution in [0.1, 0.15) is 29.0 Å². The predicted octanol–water partition coefficient (Wildman–Crippen LogP) is 2.54. The lowest BCUT2D eigenvalue weighted by Crippen LogP contribution is -2.49. The van der Waals surface area contributed by atoms with E-state index >= 15 is 0 Å². The molecule has 1 fully saturated rings. The highest BCUT2D eigenvalue weighted by atomic mass is 16.5. The van der Waals surface area contributed by atoms with E-state index < -0.39 is 5.60 Å². The van der Waals surface area contributed by atoms with Crippen molar-refractivity contribution in [2.24, 2.45) is 0 Å². The van der Waals surface area contributed by atoms with Crippen LogP contribution in [0.3, 0.4) is 0 Å². The third-order valence-electron chi connectivity index (χ3n) is 5.54. The Morgan fingerprint density at radius 1 is 1.12 bits per heavy atom. The second-order valence-electron chi connectivity index (χ2n) is 7.13. The van der Waals surface area contributed by atoms with Crippen LogP contribution in [0.4, 0.5) is 0 Å². The molecule has 0 unspecified atom stereocenters. The number of amides is 1. The quantitative estimate of drug-likeness (QED) is 0.936. The molecule has 0 radical (unpaired) electrons. The lowest BCUT2D eigenvalue weighted by atomic mass is 9.97. The van der Waals surface area contributed by atoms with Gasteiger partial charge in [0.1, 0.15) is 5.75 Å². The number of hydrogen-bond acceptors (Lipinski definition) is 3. The lowest BCUT2D eigenvalue weighted by Gasteiger charge is -2.27. The average molecular weight is 337 g/mol. The van der Waals surface area contributed by atoms with Gasteiger partial charge in [0.15, 0.2) is 5.60 Å². The van der Waals surface area contributed by atoms with Crippen molar-refractivity contribution in [2.75, 3.05) is 20.2 Å². The van der Waals surface area contributed by atoms with Gasteiger partial charge in [-0.3, -0.25) is 4.79 Å². The van der Waals surface area contributed by atoms with Crippen LogP contribution < -0.4 is 4.74 Å². The zero-order valence-corrected chi connectivity index (χ0v) is 14.4. The zero-order valence-electron chi connectivity index (χ0n) is 14.4. The summed E-state index contributed by atoms with van der Waals surface area (Å²) >= 11 is 0. The molecule has 4 rings (SSSR count). The first kappa shape index (κ1) is 16.2. The molecule has 130 valence electrons. The number of benzene rings is 2. The second-order valence-corrected chi connectivity index (χ2v) is 7.13. The van der Waals surface area contributed by atoms with E-state index in [4.69, 9.17) is 4.74 Å². The Kier molecular flexibility index (Phi) is 4.00. The molecule has 4 nitrogen and oxygen atoms in total. The maximum absolute atomic E-state index is 13.0. The van der Waals surface area contributed by atoms with Crippen LogP contribution >= 0.6 is 0 Å². The van der Waals surface area contributed by atoms with Crippen molar-refractivity contribution < 1.29 is 14.6 Å². The third kappa shape index (κ3) is 2.81. The average Bonchev–Trinajstić information content (AvgIpc) is 3.25. The van der Waals surface area contributed by atoms with Gasteiger partial charge in [-0.05, 0) is 29.2 Å². The molecule has 1 aliphatic carbocycles. The van der Waals surface area contributed by atoms with Crippen molar-refractivity contribution >= 4 is 5.91 Å². The van der Waals surface area contributed by atoms with E-state index in [0.29, 0.717) is 25.9 Å². The lowest BCUT2D eigenvalue weighted by molar-refractivity contribution is -0.149. The number of carbonyl (C=O) groups excluding carboxylic acids is 1. The van der Waals surface area contributed by atoms with Crippen LogP contribution in [-0.4, -0.2) is 41.7 Å². The summed E-state index contributed by atoms with van der Waals surface area (Å²) in [4.78, 5) is 14.8. The van der Waals surface area contributed by atoms with Crippen LogP contribution in [0.2, 0.25) is 0 Å². The summed E-state index contributed by atoms with van der Waals surface area (Å²) in [7, 11) is 1.68. The molecule has 0 bridgehead atoms. The zero-order chi connectivity index (χ0) is 17.4. The van der Waals surface area contributed by atoms with Gasteiger partial charge >= 0.3 is 0 Å². The number of nitrogens with zero attached hydrogens (tertiary/aromatic N) is 1. The first-order chi connectivity index (χ1) is 12.1. The number of methoxy groups -OCH3 is 1. The van der Waals surface area contributed by atoms with E-state index in [1.807, 2.05) is 47.4 Å². The molecule has 0 saturated carbocycles. The number of aliphatic hydroxyl groups is 1. The van der Waals surface area contributed by atoms with Gasteiger partial charge in [-0.15, -0.1) is 0 Å². The Morgan fingerprint density at radius 2 is 1.76 bits per heavy atom. The fraction of sp³-hybridized carbons (Fsp3) is 0.381. The summed E-state index contributed by atoms with van der Waals surface area (Å²) in [5.41, 5.74) is 2.01. The van der Waals surface area contributed by atoms with Gasteiger partial charge in [0.25, 0.3) is 5.91 Å². The van der Waals surface area contributed by atoms with Gasteiger partial charge in [-0.1, -0.05) is 42.5 Å². The second kappa shape index (κ2) is 6.19. The molecule has 1 atom stereocenters. The first-order valence-corrected chi connectivity index (χ1v) is 8.82. The highest BCUT2D eigenvalue weighted by Gasteiger charge is 2.45. The third-order valence-corrected chi connectivity index (χ3v) is 5.54. The Labute approximate surface area is 148 Å². The van der Waals surface area contributed by atoms with Gasteiger partial charge in [0, 0.05) is 31.8 Å². The predicted molar refractivity (Wildman–Crippen MR) is 95.7 cm³/mol. The number of ether oxygens (including phenoxy) is 1. The Hall–Kier alpha value is -2.33. The molecule has 1 heterocycles. The summed E-state index contributed by atoms with van der Waals surface area (Å²) in [6.45, 7) is 1.32. The van der Waals surface area contributed by atoms with Crippen molar-refractivity contribution in [1.29, 1.82) is 0 Å². The summed E-state index contributed by atoms with van der Waals surface area (Å²) in [6, 6.07) is 15.9. The number of rotatable bonds is 3. The highest BCUT2D eigenvalue weighted by Crippen LogP contribution is 2.37. The number of carbonyl (C=O) groups is 1. The number of hydrogen-bond donors (Lipinski definition) is 1. The summed E-state index contributed by atoms with van der Waals surface area (Å²) in [6.07, 6.45) is 1.73. The maximum Gasteiger partial charge on any atom is 0.255 e. The molecule has 2 aromatic carbocycles. The largest absolute Gasteiger partial charge is 0.496 e. The van der Waals surface area contributed by atoms with E-state index in [1.165, 1.54) is 0 Å². The highest BCUT2D eigenvalue weighted by molar-refractivity contribution is 5.87. The number of likely N-dealkylation sites (tertiary alicyclic amines) is 1. The van der Waals surface area contributed by atoms with Crippen LogP contribution in [0.25, 0.3) is 0 Å². The smallest absolute Gasteiger partial charge is 0.255 e. The van der Waals surface area contributed by atoms with E-state index in [1.54, 1.807) is 7.11 Å². The molecule has 1 amide bonds. The van der Waals surface area contributed by atoms with Gasteiger partial charge in [-0.25, -0.2) is 0 Å². The van der Waals surface area contributed by atoms with E-state index in [0.717, 1.165) is 28.9 Å². The van der Waals surface area contributed by atoms with E-state index in [-0.39, 0.29) is 11.8 Å². The Morgan fingerprint density at radius 3 is 2.44 bits per heavy atom. The molecule has 0 spiro atoms. The van der Waals surface area contributed by atoms with E-state index in [2.05, 4.69) is 6.07 Å². The minimum Gasteiger partial charge on any atom is -0.496 e. The molecular formula is C21H23NO3. The van der Waals surface area contributed by atoms with Crippen LogP contribution in [0.15, 0.2) is 48.5 Å². The molecule has 2 aromatic rings. The van der Waals surface area contributed by atoms with Crippen molar-refractivity contribution in [3.63, 3.8) is 0 Å². The topological polar surface area (TPSA) is 49.8 Å². The molecule has 1 N–H and O–H groups in total. The van der Waals surface area contributed by atoms with Crippen molar-refractivity contribution in [1.82, 2.24) is 4.90 Å². The molecular weight excluding hydrogens is 314 g/mol. The normalized spacial score (nSPS) is 21.2. The van der Waals surface area contributed by atoms with Crippen LogP contribution in [-0.2, 0) is 17.6 Å². The molecule has 25 heavy (non-hydrogen) atoms. The molecule has 0 aromatic heterocycles. The maximum atomic E-state index is 13.0. The van der Waals surface area contributed by atoms with Crippen molar-refractivity contribution in [3.8, 4) is 5.75 Å². The summed E-state index contributed by atoms with van der Waals surface area (Å²) in [5.74, 6) is 0.988. The first-order valence-electron chi connectivity index (χ1n) is 8.82. The Bertz CT molecular complexity index is 776. The molecule has 1 saturated heterocycles. The number of para-hydroxylation sites is 1. The fourth-order valence-electron chi connectivity index (χ4n) is 4.24. The minimum absolute atomic E-state index is 0.138.